The van der Waals surface area contributed by atoms with Crippen molar-refractivity contribution in [2.75, 3.05) is 26.4 Å². The third-order valence-corrected chi connectivity index (χ3v) is 7.08. The molecule has 0 saturated heterocycles. The predicted molar refractivity (Wildman–Crippen MR) is 163 cm³/mol. The van der Waals surface area contributed by atoms with E-state index in [0.717, 1.165) is 37.1 Å². The van der Waals surface area contributed by atoms with Crippen LogP contribution in [0.2, 0.25) is 0 Å². The molecule has 7 heteroatoms. The first-order valence-corrected chi connectivity index (χ1v) is 14.1. The van der Waals surface area contributed by atoms with Gasteiger partial charge in [0.25, 0.3) is 0 Å². The molecule has 0 spiro atoms. The van der Waals surface area contributed by atoms with Crippen LogP contribution in [-0.4, -0.2) is 38.4 Å². The van der Waals surface area contributed by atoms with Gasteiger partial charge in [0.15, 0.2) is 0 Å². The fraction of sp³-hybridized carbons (Fsp3) is 0.176. The van der Waals surface area contributed by atoms with Gasteiger partial charge in [-0.1, -0.05) is 75.6 Å². The van der Waals surface area contributed by atoms with Crippen molar-refractivity contribution in [1.29, 1.82) is 0 Å². The van der Waals surface area contributed by atoms with Crippen LogP contribution in [0.15, 0.2) is 95.5 Å². The van der Waals surface area contributed by atoms with Gasteiger partial charge in [-0.3, -0.25) is 0 Å². The topological polar surface area (TPSA) is 71.1 Å². The molecular weight excluding hydrogens is 584 g/mol. The van der Waals surface area contributed by atoms with Gasteiger partial charge in [0.2, 0.25) is 0 Å². The van der Waals surface area contributed by atoms with E-state index in [1.807, 2.05) is 80.6 Å². The number of carbonyl (C=O) groups is 2. The standard InChI is InChI=1S/C34H29BrO6/c1-22-7-11-24(12-8-22)33(36)40-19-17-38-31-27-5-3-4-6-28(27)32(30-21-26(35)15-16-29(30)31)39-18-20-41-34(37)25-13-9-23(2)10-14-25/h3-16,21H,17-20H2,1-2H3. The molecule has 5 aromatic carbocycles. The molecule has 0 aliphatic carbocycles. The normalized spacial score (nSPS) is 10.9. The number of hydrogen-bond donors (Lipinski definition) is 0. The van der Waals surface area contributed by atoms with Crippen molar-refractivity contribution < 1.29 is 28.5 Å². The average molecular weight is 614 g/mol. The van der Waals surface area contributed by atoms with Gasteiger partial charge in [-0.05, 0) is 56.3 Å². The van der Waals surface area contributed by atoms with Gasteiger partial charge in [0.05, 0.1) is 11.1 Å². The van der Waals surface area contributed by atoms with Crippen LogP contribution in [0.5, 0.6) is 11.5 Å². The Labute approximate surface area is 246 Å². The molecule has 0 aliphatic heterocycles. The minimum absolute atomic E-state index is 0.0983. The van der Waals surface area contributed by atoms with Crippen molar-refractivity contribution in [3.63, 3.8) is 0 Å². The van der Waals surface area contributed by atoms with Crippen molar-refractivity contribution in [2.45, 2.75) is 13.8 Å². The van der Waals surface area contributed by atoms with Gasteiger partial charge in [0, 0.05) is 26.0 Å². The maximum Gasteiger partial charge on any atom is 0.338 e. The maximum atomic E-state index is 12.4. The molecule has 0 saturated carbocycles. The molecule has 0 N–H and O–H groups in total. The summed E-state index contributed by atoms with van der Waals surface area (Å²) in [7, 11) is 0. The third kappa shape index (κ3) is 6.69. The summed E-state index contributed by atoms with van der Waals surface area (Å²) in [5, 5.41) is 3.41. The third-order valence-electron chi connectivity index (χ3n) is 6.59. The second kappa shape index (κ2) is 12.9. The van der Waals surface area contributed by atoms with Crippen molar-refractivity contribution in [3.8, 4) is 11.5 Å². The first-order valence-electron chi connectivity index (χ1n) is 13.3. The molecule has 0 aliphatic rings. The summed E-state index contributed by atoms with van der Waals surface area (Å²) in [6, 6.07) is 28.2. The van der Waals surface area contributed by atoms with Gasteiger partial charge in [-0.2, -0.15) is 0 Å². The number of hydrogen-bond acceptors (Lipinski definition) is 6. The highest BCUT2D eigenvalue weighted by atomic mass is 79.9. The largest absolute Gasteiger partial charge is 0.489 e. The minimum Gasteiger partial charge on any atom is -0.489 e. The van der Waals surface area contributed by atoms with Crippen molar-refractivity contribution in [1.82, 2.24) is 0 Å². The molecule has 0 amide bonds. The maximum absolute atomic E-state index is 12.4. The number of fused-ring (bicyclic) bond motifs is 2. The number of aryl methyl sites for hydroxylation is 2. The van der Waals surface area contributed by atoms with Crippen LogP contribution in [0, 0.1) is 13.8 Å². The Hall–Kier alpha value is -4.36. The molecule has 0 radical (unpaired) electrons. The number of rotatable bonds is 10. The molecule has 0 unspecified atom stereocenters. The highest BCUT2D eigenvalue weighted by Crippen LogP contribution is 2.43. The van der Waals surface area contributed by atoms with Gasteiger partial charge in [0.1, 0.15) is 37.9 Å². The molecule has 0 bridgehead atoms. The highest BCUT2D eigenvalue weighted by molar-refractivity contribution is 9.10. The monoisotopic (exact) mass is 612 g/mol. The summed E-state index contributed by atoms with van der Waals surface area (Å²) in [6.45, 7) is 4.49. The fourth-order valence-corrected chi connectivity index (χ4v) is 4.85. The lowest BCUT2D eigenvalue weighted by Crippen LogP contribution is -2.13. The SMILES string of the molecule is Cc1ccc(C(=O)OCCOc2c3ccccc3c(OCCOC(=O)c3ccc(C)cc3)c3cc(Br)ccc23)cc1. The number of esters is 2. The van der Waals surface area contributed by atoms with Crippen LogP contribution in [0.25, 0.3) is 21.5 Å². The summed E-state index contributed by atoms with van der Waals surface area (Å²) in [5.74, 6) is 0.561. The lowest BCUT2D eigenvalue weighted by atomic mass is 10.0. The highest BCUT2D eigenvalue weighted by Gasteiger charge is 2.17. The van der Waals surface area contributed by atoms with E-state index >= 15 is 0 Å². The first-order chi connectivity index (χ1) is 19.9. The van der Waals surface area contributed by atoms with Crippen LogP contribution in [-0.2, 0) is 9.47 Å². The fourth-order valence-electron chi connectivity index (χ4n) is 4.48. The van der Waals surface area contributed by atoms with Crippen LogP contribution in [0.4, 0.5) is 0 Å². The van der Waals surface area contributed by atoms with Gasteiger partial charge >= 0.3 is 11.9 Å². The summed E-state index contributed by atoms with van der Waals surface area (Å²) in [5.41, 5.74) is 3.15. The van der Waals surface area contributed by atoms with Gasteiger partial charge in [-0.15, -0.1) is 0 Å². The molecule has 6 nitrogen and oxygen atoms in total. The Kier molecular flexibility index (Phi) is 8.85. The molecule has 0 heterocycles. The van der Waals surface area contributed by atoms with Crippen molar-refractivity contribution in [3.05, 3.63) is 118 Å². The van der Waals surface area contributed by atoms with E-state index in [4.69, 9.17) is 18.9 Å². The lowest BCUT2D eigenvalue weighted by Gasteiger charge is -2.18. The zero-order chi connectivity index (χ0) is 28.8. The molecular formula is C34H29BrO6. The predicted octanol–water partition coefficient (Wildman–Crippen LogP) is 7.84. The number of benzene rings is 5. The number of halogens is 1. The van der Waals surface area contributed by atoms with Crippen LogP contribution in [0.1, 0.15) is 31.8 Å². The van der Waals surface area contributed by atoms with E-state index in [1.54, 1.807) is 24.3 Å². The van der Waals surface area contributed by atoms with E-state index in [2.05, 4.69) is 15.9 Å². The quantitative estimate of drug-likeness (QED) is 0.0908. The van der Waals surface area contributed by atoms with Crippen LogP contribution >= 0.6 is 15.9 Å². The van der Waals surface area contributed by atoms with Crippen molar-refractivity contribution >= 4 is 49.4 Å². The first kappa shape index (κ1) is 28.2. The summed E-state index contributed by atoms with van der Waals surface area (Å²) < 4.78 is 24.2. The summed E-state index contributed by atoms with van der Waals surface area (Å²) >= 11 is 3.57. The smallest absolute Gasteiger partial charge is 0.338 e. The molecule has 0 fully saturated rings. The van der Waals surface area contributed by atoms with Crippen molar-refractivity contribution in [2.24, 2.45) is 0 Å². The minimum atomic E-state index is -0.391. The molecule has 41 heavy (non-hydrogen) atoms. The van der Waals surface area contributed by atoms with E-state index in [0.29, 0.717) is 22.6 Å². The summed E-state index contributed by atoms with van der Waals surface area (Å²) in [6.07, 6.45) is 0. The van der Waals surface area contributed by atoms with Crippen LogP contribution < -0.4 is 9.47 Å². The average Bonchev–Trinajstić information content (AvgIpc) is 2.98. The van der Waals surface area contributed by atoms with E-state index in [1.165, 1.54) is 0 Å². The lowest BCUT2D eigenvalue weighted by molar-refractivity contribution is 0.0443. The zero-order valence-electron chi connectivity index (χ0n) is 22.8. The Bertz CT molecular complexity index is 1690. The molecule has 0 atom stereocenters. The summed E-state index contributed by atoms with van der Waals surface area (Å²) in [4.78, 5) is 24.8. The number of carbonyl (C=O) groups excluding carboxylic acids is 2. The zero-order valence-corrected chi connectivity index (χ0v) is 24.4. The van der Waals surface area contributed by atoms with Gasteiger partial charge < -0.3 is 18.9 Å². The Balaban J connectivity index is 1.32. The van der Waals surface area contributed by atoms with E-state index < -0.39 is 5.97 Å². The molecule has 5 rings (SSSR count). The Morgan fingerprint density at radius 1 is 0.561 bits per heavy atom. The Morgan fingerprint density at radius 2 is 1.00 bits per heavy atom. The Morgan fingerprint density at radius 3 is 1.49 bits per heavy atom. The number of ether oxygens (including phenoxy) is 4. The second-order valence-corrected chi connectivity index (χ2v) is 10.5. The van der Waals surface area contributed by atoms with Crippen LogP contribution in [0.3, 0.4) is 0 Å². The van der Waals surface area contributed by atoms with E-state index in [-0.39, 0.29) is 32.4 Å². The molecule has 0 aromatic heterocycles. The molecule has 208 valence electrons. The van der Waals surface area contributed by atoms with E-state index in [9.17, 15) is 9.59 Å². The van der Waals surface area contributed by atoms with Gasteiger partial charge in [-0.25, -0.2) is 9.59 Å². The second-order valence-electron chi connectivity index (χ2n) is 9.59. The molecule has 5 aromatic rings.